The predicted molar refractivity (Wildman–Crippen MR) is 62.4 cm³/mol. The molecule has 0 aromatic rings. The molecule has 0 aromatic heterocycles. The number of hydrogen-bond donors (Lipinski definition) is 1. The van der Waals surface area contributed by atoms with Crippen LogP contribution < -0.4 is 0 Å². The molecule has 0 unspecified atom stereocenters. The van der Waals surface area contributed by atoms with Gasteiger partial charge in [0.15, 0.2) is 0 Å². The minimum absolute atomic E-state index is 0.0329. The van der Waals surface area contributed by atoms with Crippen molar-refractivity contribution in [1.29, 1.82) is 0 Å². The molecule has 0 aliphatic heterocycles. The van der Waals surface area contributed by atoms with E-state index in [-0.39, 0.29) is 6.54 Å². The van der Waals surface area contributed by atoms with Crippen molar-refractivity contribution in [3.05, 3.63) is 10.6 Å². The lowest BCUT2D eigenvalue weighted by Crippen LogP contribution is -2.36. The zero-order chi connectivity index (χ0) is 11.8. The van der Waals surface area contributed by atoms with Crippen LogP contribution in [0.1, 0.15) is 0 Å². The van der Waals surface area contributed by atoms with Gasteiger partial charge >= 0.3 is 5.97 Å². The lowest BCUT2D eigenvalue weighted by Gasteiger charge is -2.21. The van der Waals surface area contributed by atoms with Gasteiger partial charge in [0.2, 0.25) is 0 Å². The fourth-order valence-electron chi connectivity index (χ4n) is 0.995. The number of carboxylic acids is 1. The van der Waals surface area contributed by atoms with Crippen molar-refractivity contribution in [1.82, 2.24) is 9.80 Å². The minimum Gasteiger partial charge on any atom is -0.480 e. The van der Waals surface area contributed by atoms with Gasteiger partial charge in [-0.05, 0) is 14.1 Å². The Balaban J connectivity index is 4.12. The molecule has 0 bridgehead atoms. The second-order valence-corrected chi connectivity index (χ2v) is 4.17. The highest BCUT2D eigenvalue weighted by atomic mass is 35.5. The van der Waals surface area contributed by atoms with Crippen LogP contribution in [-0.4, -0.2) is 61.2 Å². The van der Waals surface area contributed by atoms with E-state index < -0.39 is 5.97 Å². The largest absolute Gasteiger partial charge is 0.480 e. The Hall–Kier alpha value is -0.290. The highest BCUT2D eigenvalue weighted by Gasteiger charge is 2.10. The normalized spacial score (nSPS) is 12.5. The van der Waals surface area contributed by atoms with Crippen LogP contribution >= 0.6 is 23.2 Å². The van der Waals surface area contributed by atoms with Crippen LogP contribution in [0, 0.1) is 0 Å². The van der Waals surface area contributed by atoms with Gasteiger partial charge in [-0.25, -0.2) is 0 Å². The van der Waals surface area contributed by atoms with Gasteiger partial charge in [-0.1, -0.05) is 23.2 Å². The topological polar surface area (TPSA) is 43.8 Å². The van der Waals surface area contributed by atoms with Crippen molar-refractivity contribution in [2.45, 2.75) is 0 Å². The van der Waals surface area contributed by atoms with E-state index in [1.54, 1.807) is 4.90 Å². The summed E-state index contributed by atoms with van der Waals surface area (Å²) in [6.45, 7) is 1.75. The lowest BCUT2D eigenvalue weighted by atomic mass is 10.4. The van der Waals surface area contributed by atoms with Crippen LogP contribution in [0.15, 0.2) is 10.6 Å². The van der Waals surface area contributed by atoms with E-state index >= 15 is 0 Å². The molecule has 0 heterocycles. The maximum absolute atomic E-state index is 10.6. The predicted octanol–water partition coefficient (Wildman–Crippen LogP) is 1.25. The van der Waals surface area contributed by atoms with Gasteiger partial charge in [0.1, 0.15) is 0 Å². The first-order chi connectivity index (χ1) is 6.95. The van der Waals surface area contributed by atoms with Crippen LogP contribution in [0.5, 0.6) is 0 Å². The van der Waals surface area contributed by atoms with Crippen molar-refractivity contribution in [3.63, 3.8) is 0 Å². The number of carboxylic acid groups (broad SMARTS) is 1. The van der Waals surface area contributed by atoms with Gasteiger partial charge in [0.25, 0.3) is 0 Å². The number of hydrogen-bond acceptors (Lipinski definition) is 3. The molecule has 0 saturated carbocycles. The molecule has 0 radical (unpaired) electrons. The highest BCUT2D eigenvalue weighted by Crippen LogP contribution is 2.06. The fraction of sp³-hybridized carbons (Fsp3) is 0.667. The first-order valence-corrected chi connectivity index (χ1v) is 5.30. The molecule has 0 saturated heterocycles. The summed E-state index contributed by atoms with van der Waals surface area (Å²) in [5.74, 6) is -0.868. The van der Waals surface area contributed by atoms with Crippen molar-refractivity contribution in [2.75, 3.05) is 40.3 Å². The first kappa shape index (κ1) is 14.7. The van der Waals surface area contributed by atoms with Crippen LogP contribution in [0.2, 0.25) is 0 Å². The van der Waals surface area contributed by atoms with Crippen molar-refractivity contribution in [2.24, 2.45) is 0 Å². The maximum Gasteiger partial charge on any atom is 0.317 e. The Morgan fingerprint density at radius 2 is 1.93 bits per heavy atom. The standard InChI is InChI=1S/C9H16Cl2N2O2/c1-12(2)3-4-13(7-9(14)15)6-8(11)5-10/h5H,3-4,6-7H2,1-2H3,(H,14,15). The molecule has 0 amide bonds. The summed E-state index contributed by atoms with van der Waals surface area (Å²) in [4.78, 5) is 14.3. The van der Waals surface area contributed by atoms with Crippen LogP contribution in [0.4, 0.5) is 0 Å². The summed E-state index contributed by atoms with van der Waals surface area (Å²) in [5, 5.41) is 9.13. The molecule has 4 nitrogen and oxygen atoms in total. The summed E-state index contributed by atoms with van der Waals surface area (Å²) in [6.07, 6.45) is 0. The second-order valence-electron chi connectivity index (χ2n) is 3.46. The van der Waals surface area contributed by atoms with Crippen molar-refractivity contribution < 1.29 is 9.90 Å². The average molecular weight is 255 g/mol. The van der Waals surface area contributed by atoms with Gasteiger partial charge in [-0.2, -0.15) is 0 Å². The number of rotatable bonds is 7. The molecule has 0 fully saturated rings. The molecule has 88 valence electrons. The number of aliphatic carboxylic acids is 1. The van der Waals surface area contributed by atoms with Gasteiger partial charge in [0.05, 0.1) is 6.54 Å². The van der Waals surface area contributed by atoms with Crippen molar-refractivity contribution in [3.8, 4) is 0 Å². The quantitative estimate of drug-likeness (QED) is 0.743. The second kappa shape index (κ2) is 7.93. The van der Waals surface area contributed by atoms with E-state index in [4.69, 9.17) is 28.3 Å². The molecule has 0 atom stereocenters. The Morgan fingerprint density at radius 1 is 1.33 bits per heavy atom. The Morgan fingerprint density at radius 3 is 2.33 bits per heavy atom. The summed E-state index contributed by atoms with van der Waals surface area (Å²) in [5.41, 5.74) is 1.26. The van der Waals surface area contributed by atoms with E-state index in [1.165, 1.54) is 5.54 Å². The van der Waals surface area contributed by atoms with E-state index in [0.717, 1.165) is 6.54 Å². The molecule has 15 heavy (non-hydrogen) atoms. The molecule has 6 heteroatoms. The van der Waals surface area contributed by atoms with E-state index in [1.807, 2.05) is 19.0 Å². The highest BCUT2D eigenvalue weighted by molar-refractivity contribution is 6.36. The van der Waals surface area contributed by atoms with Crippen molar-refractivity contribution >= 4 is 29.2 Å². The number of nitrogens with zero attached hydrogens (tertiary/aromatic N) is 2. The summed E-state index contributed by atoms with van der Waals surface area (Å²) < 4.78 is 0. The third kappa shape index (κ3) is 8.69. The molecular formula is C9H16Cl2N2O2. The van der Waals surface area contributed by atoms with Gasteiger partial charge in [-0.15, -0.1) is 0 Å². The van der Waals surface area contributed by atoms with E-state index in [0.29, 0.717) is 18.1 Å². The zero-order valence-corrected chi connectivity index (χ0v) is 10.4. The number of likely N-dealkylation sites (N-methyl/N-ethyl adjacent to an activating group) is 1. The molecule has 0 aliphatic carbocycles. The Bertz CT molecular complexity index is 232. The third-order valence-electron chi connectivity index (χ3n) is 1.72. The molecule has 0 spiro atoms. The van der Waals surface area contributed by atoms with Gasteiger partial charge in [0, 0.05) is 30.2 Å². The molecule has 0 aliphatic rings. The molecular weight excluding hydrogens is 239 g/mol. The lowest BCUT2D eigenvalue weighted by molar-refractivity contribution is -0.138. The molecule has 1 N–H and O–H groups in total. The third-order valence-corrected chi connectivity index (χ3v) is 2.32. The fourth-order valence-corrected chi connectivity index (χ4v) is 1.23. The number of carbonyl (C=O) groups is 1. The monoisotopic (exact) mass is 254 g/mol. The minimum atomic E-state index is -0.868. The van der Waals surface area contributed by atoms with Crippen LogP contribution in [0.25, 0.3) is 0 Å². The van der Waals surface area contributed by atoms with E-state index in [9.17, 15) is 4.79 Å². The molecule has 0 rings (SSSR count). The SMILES string of the molecule is CN(C)CCN(CC(=O)O)CC(Cl)=CCl. The van der Waals surface area contributed by atoms with Gasteiger partial charge in [-0.3, -0.25) is 9.69 Å². The summed E-state index contributed by atoms with van der Waals surface area (Å²) >= 11 is 11.2. The summed E-state index contributed by atoms with van der Waals surface area (Å²) in [7, 11) is 3.86. The summed E-state index contributed by atoms with van der Waals surface area (Å²) in [6, 6.07) is 0. The van der Waals surface area contributed by atoms with E-state index in [2.05, 4.69) is 0 Å². The van der Waals surface area contributed by atoms with Gasteiger partial charge < -0.3 is 10.0 Å². The average Bonchev–Trinajstić information content (AvgIpc) is 2.13. The van der Waals surface area contributed by atoms with Crippen LogP contribution in [-0.2, 0) is 4.79 Å². The maximum atomic E-state index is 10.6. The smallest absolute Gasteiger partial charge is 0.317 e. The Kier molecular flexibility index (Phi) is 7.78. The first-order valence-electron chi connectivity index (χ1n) is 4.49. The number of halogens is 2. The van der Waals surface area contributed by atoms with Crippen LogP contribution in [0.3, 0.4) is 0 Å². The molecule has 0 aromatic carbocycles. The Labute approximate surface area is 100 Å². The zero-order valence-electron chi connectivity index (χ0n) is 8.91.